The van der Waals surface area contributed by atoms with Crippen molar-refractivity contribution in [2.24, 2.45) is 5.92 Å². The van der Waals surface area contributed by atoms with Gasteiger partial charge in [-0.3, -0.25) is 0 Å². The van der Waals surface area contributed by atoms with Crippen molar-refractivity contribution in [2.75, 3.05) is 26.7 Å². The van der Waals surface area contributed by atoms with Gasteiger partial charge in [0.15, 0.2) is 0 Å². The zero-order valence-electron chi connectivity index (χ0n) is 11.7. The average molecular weight is 300 g/mol. The highest BCUT2D eigenvalue weighted by atomic mass is 32.2. The van der Waals surface area contributed by atoms with Crippen molar-refractivity contribution in [3.63, 3.8) is 0 Å². The number of likely N-dealkylation sites (tertiary alicyclic amines) is 1. The topological polar surface area (TPSA) is 49.4 Å². The summed E-state index contributed by atoms with van der Waals surface area (Å²) in [6, 6.07) is 5.44. The maximum Gasteiger partial charge on any atom is 0.243 e. The van der Waals surface area contributed by atoms with Gasteiger partial charge in [0.25, 0.3) is 0 Å². The van der Waals surface area contributed by atoms with Gasteiger partial charge in [0, 0.05) is 6.54 Å². The SMILES string of the molecule is CN1CCC(CCNS(=O)(=O)c2ccccc2F)CC1. The summed E-state index contributed by atoms with van der Waals surface area (Å²) >= 11 is 0. The summed E-state index contributed by atoms with van der Waals surface area (Å²) < 4.78 is 40.0. The monoisotopic (exact) mass is 300 g/mol. The van der Waals surface area contributed by atoms with Gasteiger partial charge in [0.2, 0.25) is 10.0 Å². The summed E-state index contributed by atoms with van der Waals surface area (Å²) in [5.74, 6) is -0.159. The molecule has 0 amide bonds. The number of nitrogens with one attached hydrogen (secondary N) is 1. The minimum atomic E-state index is -3.74. The molecule has 1 heterocycles. The Hall–Kier alpha value is -0.980. The molecule has 1 aliphatic rings. The Kier molecular flexibility index (Phi) is 5.12. The van der Waals surface area contributed by atoms with Crippen molar-refractivity contribution in [3.05, 3.63) is 30.1 Å². The summed E-state index contributed by atoms with van der Waals surface area (Å²) in [4.78, 5) is 2.00. The normalized spacial score (nSPS) is 18.3. The lowest BCUT2D eigenvalue weighted by Crippen LogP contribution is -2.32. The fraction of sp³-hybridized carbons (Fsp3) is 0.571. The van der Waals surface area contributed by atoms with E-state index >= 15 is 0 Å². The highest BCUT2D eigenvalue weighted by molar-refractivity contribution is 7.89. The van der Waals surface area contributed by atoms with E-state index in [-0.39, 0.29) is 4.90 Å². The molecule has 1 saturated heterocycles. The predicted octanol–water partition coefficient (Wildman–Crippen LogP) is 1.84. The van der Waals surface area contributed by atoms with Crippen LogP contribution in [0.4, 0.5) is 4.39 Å². The Morgan fingerprint density at radius 3 is 2.60 bits per heavy atom. The van der Waals surface area contributed by atoms with Crippen LogP contribution in [0, 0.1) is 11.7 Å². The first-order valence-electron chi connectivity index (χ1n) is 6.92. The van der Waals surface area contributed by atoms with Gasteiger partial charge in [-0.2, -0.15) is 0 Å². The van der Waals surface area contributed by atoms with E-state index in [4.69, 9.17) is 0 Å². The number of hydrogen-bond acceptors (Lipinski definition) is 3. The van der Waals surface area contributed by atoms with Crippen molar-refractivity contribution in [3.8, 4) is 0 Å². The molecule has 0 bridgehead atoms. The van der Waals surface area contributed by atoms with Crippen LogP contribution in [0.2, 0.25) is 0 Å². The molecular weight excluding hydrogens is 279 g/mol. The maximum atomic E-state index is 13.5. The summed E-state index contributed by atoms with van der Waals surface area (Å²) in [6.45, 7) is 2.49. The predicted molar refractivity (Wildman–Crippen MR) is 76.4 cm³/mol. The zero-order valence-corrected chi connectivity index (χ0v) is 12.5. The molecule has 1 aromatic carbocycles. The smallest absolute Gasteiger partial charge is 0.243 e. The van der Waals surface area contributed by atoms with Crippen LogP contribution in [0.15, 0.2) is 29.2 Å². The largest absolute Gasteiger partial charge is 0.306 e. The molecule has 0 unspecified atom stereocenters. The van der Waals surface area contributed by atoms with E-state index in [1.807, 2.05) is 0 Å². The molecule has 1 fully saturated rings. The van der Waals surface area contributed by atoms with Gasteiger partial charge in [-0.15, -0.1) is 0 Å². The molecule has 0 atom stereocenters. The second kappa shape index (κ2) is 6.65. The van der Waals surface area contributed by atoms with Gasteiger partial charge in [-0.05, 0) is 57.5 Å². The molecule has 4 nitrogen and oxygen atoms in total. The van der Waals surface area contributed by atoms with Gasteiger partial charge in [0.1, 0.15) is 10.7 Å². The van der Waals surface area contributed by atoms with Crippen molar-refractivity contribution in [1.82, 2.24) is 9.62 Å². The molecule has 112 valence electrons. The summed E-state index contributed by atoms with van der Waals surface area (Å²) in [7, 11) is -1.64. The first-order chi connectivity index (χ1) is 9.49. The maximum absolute atomic E-state index is 13.5. The molecule has 1 aromatic rings. The van der Waals surface area contributed by atoms with Gasteiger partial charge in [-0.1, -0.05) is 12.1 Å². The lowest BCUT2D eigenvalue weighted by molar-refractivity contribution is 0.213. The molecular formula is C14H21FN2O2S. The van der Waals surface area contributed by atoms with E-state index in [1.54, 1.807) is 0 Å². The quantitative estimate of drug-likeness (QED) is 0.902. The molecule has 20 heavy (non-hydrogen) atoms. The highest BCUT2D eigenvalue weighted by Gasteiger charge is 2.20. The molecule has 0 saturated carbocycles. The van der Waals surface area contributed by atoms with Crippen LogP contribution in [0.1, 0.15) is 19.3 Å². The van der Waals surface area contributed by atoms with E-state index < -0.39 is 15.8 Å². The van der Waals surface area contributed by atoms with Crippen LogP contribution < -0.4 is 4.72 Å². The van der Waals surface area contributed by atoms with Crippen LogP contribution in [0.25, 0.3) is 0 Å². The van der Waals surface area contributed by atoms with Crippen molar-refractivity contribution < 1.29 is 12.8 Å². The standard InChI is InChI=1S/C14H21FN2O2S/c1-17-10-7-12(8-11-17)6-9-16-20(18,19)14-5-3-2-4-13(14)15/h2-5,12,16H,6-11H2,1H3. The first kappa shape index (κ1) is 15.4. The number of rotatable bonds is 5. The van der Waals surface area contributed by atoms with Gasteiger partial charge in [0.05, 0.1) is 0 Å². The molecule has 6 heteroatoms. The van der Waals surface area contributed by atoms with Crippen LogP contribution in [0.5, 0.6) is 0 Å². The van der Waals surface area contributed by atoms with E-state index in [1.165, 1.54) is 18.2 Å². The molecule has 0 aliphatic carbocycles. The lowest BCUT2D eigenvalue weighted by Gasteiger charge is -2.28. The molecule has 0 spiro atoms. The fourth-order valence-electron chi connectivity index (χ4n) is 2.49. The number of nitrogens with zero attached hydrogens (tertiary/aromatic N) is 1. The van der Waals surface area contributed by atoms with Gasteiger partial charge in [-0.25, -0.2) is 17.5 Å². The van der Waals surface area contributed by atoms with Crippen LogP contribution >= 0.6 is 0 Å². The van der Waals surface area contributed by atoms with Crippen LogP contribution in [0.3, 0.4) is 0 Å². The summed E-state index contributed by atoms with van der Waals surface area (Å²) in [5.41, 5.74) is 0. The van der Waals surface area contributed by atoms with Crippen molar-refractivity contribution in [1.29, 1.82) is 0 Å². The van der Waals surface area contributed by atoms with Gasteiger partial charge >= 0.3 is 0 Å². The minimum Gasteiger partial charge on any atom is -0.306 e. The number of piperidine rings is 1. The second-order valence-electron chi connectivity index (χ2n) is 5.36. The number of hydrogen-bond donors (Lipinski definition) is 1. The van der Waals surface area contributed by atoms with E-state index in [2.05, 4.69) is 16.7 Å². The Bertz CT molecular complexity index is 540. The third-order valence-electron chi connectivity index (χ3n) is 3.81. The number of sulfonamides is 1. The lowest BCUT2D eigenvalue weighted by atomic mass is 9.94. The van der Waals surface area contributed by atoms with Gasteiger partial charge < -0.3 is 4.90 Å². The summed E-state index contributed by atoms with van der Waals surface area (Å²) in [5, 5.41) is 0. The average Bonchev–Trinajstić information content (AvgIpc) is 2.41. The first-order valence-corrected chi connectivity index (χ1v) is 8.40. The molecule has 1 aliphatic heterocycles. The third kappa shape index (κ3) is 4.01. The molecule has 0 radical (unpaired) electrons. The molecule has 0 aromatic heterocycles. The Morgan fingerprint density at radius 2 is 1.95 bits per heavy atom. The van der Waals surface area contributed by atoms with Crippen LogP contribution in [-0.2, 0) is 10.0 Å². The molecule has 1 N–H and O–H groups in total. The highest BCUT2D eigenvalue weighted by Crippen LogP contribution is 2.19. The summed E-state index contributed by atoms with van der Waals surface area (Å²) in [6.07, 6.45) is 3.00. The van der Waals surface area contributed by atoms with E-state index in [0.717, 1.165) is 38.4 Å². The minimum absolute atomic E-state index is 0.275. The Balaban J connectivity index is 1.86. The number of benzene rings is 1. The Labute approximate surface area is 120 Å². The van der Waals surface area contributed by atoms with Crippen molar-refractivity contribution in [2.45, 2.75) is 24.2 Å². The molecule has 2 rings (SSSR count). The second-order valence-corrected chi connectivity index (χ2v) is 7.10. The Morgan fingerprint density at radius 1 is 1.30 bits per heavy atom. The fourth-order valence-corrected chi connectivity index (χ4v) is 3.61. The zero-order chi connectivity index (χ0) is 14.6. The van der Waals surface area contributed by atoms with Crippen molar-refractivity contribution >= 4 is 10.0 Å². The third-order valence-corrected chi connectivity index (χ3v) is 5.30. The van der Waals surface area contributed by atoms with E-state index in [0.29, 0.717) is 12.5 Å². The van der Waals surface area contributed by atoms with Crippen LogP contribution in [-0.4, -0.2) is 40.0 Å². The number of halogens is 1. The van der Waals surface area contributed by atoms with E-state index in [9.17, 15) is 12.8 Å².